The number of rotatable bonds is 1. The minimum absolute atomic E-state index is 0.269. The Hall–Kier alpha value is -2.49. The van der Waals surface area contributed by atoms with Gasteiger partial charge >= 0.3 is 0 Å². The van der Waals surface area contributed by atoms with Crippen LogP contribution in [0.3, 0.4) is 0 Å². The van der Waals surface area contributed by atoms with Crippen molar-refractivity contribution in [2.75, 3.05) is 13.1 Å². The molecule has 1 aromatic heterocycles. The maximum atomic E-state index is 11.6. The van der Waals surface area contributed by atoms with Gasteiger partial charge in [0.2, 0.25) is 0 Å². The van der Waals surface area contributed by atoms with Crippen LogP contribution in [0.1, 0.15) is 58.2 Å². The average Bonchev–Trinajstić information content (AvgIpc) is 2.93. The molecule has 0 radical (unpaired) electrons. The molecule has 3 aliphatic rings. The second-order valence-corrected chi connectivity index (χ2v) is 8.91. The first-order chi connectivity index (χ1) is 14.2. The first kappa shape index (κ1) is 17.4. The molecule has 3 heterocycles. The van der Waals surface area contributed by atoms with Crippen LogP contribution < -0.4 is 0 Å². The molecule has 3 atom stereocenters. The van der Waals surface area contributed by atoms with Crippen LogP contribution in [-0.4, -0.2) is 28.1 Å². The van der Waals surface area contributed by atoms with E-state index in [1.165, 1.54) is 27.8 Å². The molecule has 2 aliphatic heterocycles. The molecular weight excluding hydrogens is 356 g/mol. The van der Waals surface area contributed by atoms with Gasteiger partial charge in [0.1, 0.15) is 0 Å². The smallest absolute Gasteiger partial charge is 0.0941 e. The SMILES string of the molecule is O[C@]1(c2cccnc2)CCN2C[C@@H]3c4ccccc4CCc4cccc(c43)[C@H]2C1. The Morgan fingerprint density at radius 3 is 2.66 bits per heavy atom. The van der Waals surface area contributed by atoms with Crippen LogP contribution >= 0.6 is 0 Å². The molecule has 1 aliphatic carbocycles. The van der Waals surface area contributed by atoms with E-state index in [0.717, 1.165) is 44.3 Å². The third kappa shape index (κ3) is 2.68. The fourth-order valence-electron chi connectivity index (χ4n) is 5.98. The van der Waals surface area contributed by atoms with E-state index >= 15 is 0 Å². The van der Waals surface area contributed by atoms with Crippen LogP contribution in [0, 0.1) is 0 Å². The van der Waals surface area contributed by atoms with E-state index in [9.17, 15) is 5.11 Å². The summed E-state index contributed by atoms with van der Waals surface area (Å²) < 4.78 is 0. The van der Waals surface area contributed by atoms with Gasteiger partial charge in [0, 0.05) is 49.4 Å². The van der Waals surface area contributed by atoms with Gasteiger partial charge in [-0.15, -0.1) is 0 Å². The summed E-state index contributed by atoms with van der Waals surface area (Å²) in [6, 6.07) is 20.1. The van der Waals surface area contributed by atoms with Crippen molar-refractivity contribution < 1.29 is 5.11 Å². The fraction of sp³-hybridized carbons (Fsp3) is 0.346. The quantitative estimate of drug-likeness (QED) is 0.680. The minimum Gasteiger partial charge on any atom is -0.385 e. The normalized spacial score (nSPS) is 28.0. The van der Waals surface area contributed by atoms with Crippen molar-refractivity contribution in [3.05, 3.63) is 100 Å². The molecular formula is C26H26N2O. The molecule has 1 fully saturated rings. The molecule has 3 heteroatoms. The number of fused-ring (bicyclic) bond motifs is 4. The number of piperidine rings is 1. The van der Waals surface area contributed by atoms with E-state index in [-0.39, 0.29) is 6.04 Å². The highest BCUT2D eigenvalue weighted by molar-refractivity contribution is 5.51. The van der Waals surface area contributed by atoms with Crippen molar-refractivity contribution in [2.24, 2.45) is 0 Å². The van der Waals surface area contributed by atoms with Crippen LogP contribution in [0.15, 0.2) is 67.0 Å². The molecule has 2 aromatic carbocycles. The van der Waals surface area contributed by atoms with Gasteiger partial charge in [-0.2, -0.15) is 0 Å². The van der Waals surface area contributed by atoms with Crippen molar-refractivity contribution in [1.29, 1.82) is 0 Å². The highest BCUT2D eigenvalue weighted by atomic mass is 16.3. The van der Waals surface area contributed by atoms with Gasteiger partial charge in [-0.3, -0.25) is 9.88 Å². The molecule has 29 heavy (non-hydrogen) atoms. The van der Waals surface area contributed by atoms with Gasteiger partial charge in [0.25, 0.3) is 0 Å². The molecule has 3 nitrogen and oxygen atoms in total. The number of hydrogen-bond acceptors (Lipinski definition) is 3. The Morgan fingerprint density at radius 2 is 1.76 bits per heavy atom. The van der Waals surface area contributed by atoms with Crippen molar-refractivity contribution >= 4 is 0 Å². The van der Waals surface area contributed by atoms with Gasteiger partial charge in [0.15, 0.2) is 0 Å². The second-order valence-electron chi connectivity index (χ2n) is 8.91. The zero-order valence-electron chi connectivity index (χ0n) is 16.6. The van der Waals surface area contributed by atoms with Crippen LogP contribution in [-0.2, 0) is 18.4 Å². The zero-order valence-corrected chi connectivity index (χ0v) is 16.6. The highest BCUT2D eigenvalue weighted by Crippen LogP contribution is 2.50. The van der Waals surface area contributed by atoms with E-state index in [4.69, 9.17) is 0 Å². The molecule has 1 N–H and O–H groups in total. The Balaban J connectivity index is 1.46. The molecule has 0 saturated carbocycles. The summed E-state index contributed by atoms with van der Waals surface area (Å²) in [7, 11) is 0. The van der Waals surface area contributed by atoms with Gasteiger partial charge in [-0.05, 0) is 53.1 Å². The third-order valence-corrected chi connectivity index (χ3v) is 7.43. The van der Waals surface area contributed by atoms with Crippen LogP contribution in [0.2, 0.25) is 0 Å². The van der Waals surface area contributed by atoms with Crippen LogP contribution in [0.4, 0.5) is 0 Å². The maximum Gasteiger partial charge on any atom is 0.0941 e. The number of pyridine rings is 1. The molecule has 3 aromatic rings. The van der Waals surface area contributed by atoms with E-state index < -0.39 is 5.60 Å². The number of aliphatic hydroxyl groups is 1. The van der Waals surface area contributed by atoms with Crippen molar-refractivity contribution in [3.8, 4) is 0 Å². The topological polar surface area (TPSA) is 36.4 Å². The molecule has 6 rings (SSSR count). The fourth-order valence-corrected chi connectivity index (χ4v) is 5.98. The van der Waals surface area contributed by atoms with E-state index in [2.05, 4.69) is 52.3 Å². The lowest BCUT2D eigenvalue weighted by molar-refractivity contribution is -0.0573. The predicted octanol–water partition coefficient (Wildman–Crippen LogP) is 4.35. The molecule has 0 spiro atoms. The first-order valence-corrected chi connectivity index (χ1v) is 10.8. The standard InChI is InChI=1S/C26H26N2O/c29-26(20-7-4-13-27-16-20)12-14-28-17-23-21-8-2-1-5-18(21)10-11-19-6-3-9-22(25(19)23)24(28)15-26/h1-9,13,16,23-24,29H,10-12,14-15,17H2/t23-,24-,26-/m1/s1. The first-order valence-electron chi connectivity index (χ1n) is 10.8. The zero-order chi connectivity index (χ0) is 19.4. The minimum atomic E-state index is -0.798. The lowest BCUT2D eigenvalue weighted by Crippen LogP contribution is -2.48. The van der Waals surface area contributed by atoms with Crippen molar-refractivity contribution in [2.45, 2.75) is 43.2 Å². The Kier molecular flexibility index (Phi) is 3.90. The van der Waals surface area contributed by atoms with Gasteiger partial charge in [-0.25, -0.2) is 0 Å². The number of benzene rings is 2. The maximum absolute atomic E-state index is 11.6. The molecule has 0 amide bonds. The van der Waals surface area contributed by atoms with Gasteiger partial charge in [0.05, 0.1) is 5.60 Å². The van der Waals surface area contributed by atoms with E-state index in [1.807, 2.05) is 18.3 Å². The Morgan fingerprint density at radius 1 is 0.931 bits per heavy atom. The summed E-state index contributed by atoms with van der Waals surface area (Å²) >= 11 is 0. The van der Waals surface area contributed by atoms with Crippen molar-refractivity contribution in [3.63, 3.8) is 0 Å². The largest absolute Gasteiger partial charge is 0.385 e. The second kappa shape index (κ2) is 6.51. The Labute approximate surface area is 172 Å². The average molecular weight is 383 g/mol. The number of hydrogen-bond donors (Lipinski definition) is 1. The van der Waals surface area contributed by atoms with Crippen molar-refractivity contribution in [1.82, 2.24) is 9.88 Å². The monoisotopic (exact) mass is 382 g/mol. The number of nitrogens with zero attached hydrogens (tertiary/aromatic N) is 2. The van der Waals surface area contributed by atoms with E-state index in [1.54, 1.807) is 6.20 Å². The number of aromatic nitrogens is 1. The summed E-state index contributed by atoms with van der Waals surface area (Å²) in [6.07, 6.45) is 7.34. The number of aryl methyl sites for hydroxylation is 2. The van der Waals surface area contributed by atoms with Crippen LogP contribution in [0.25, 0.3) is 0 Å². The summed E-state index contributed by atoms with van der Waals surface area (Å²) in [5.74, 6) is 0.445. The summed E-state index contributed by atoms with van der Waals surface area (Å²) in [6.45, 7) is 1.97. The molecule has 0 bridgehead atoms. The lowest BCUT2D eigenvalue weighted by atomic mass is 9.72. The molecule has 0 unspecified atom stereocenters. The predicted molar refractivity (Wildman–Crippen MR) is 114 cm³/mol. The highest BCUT2D eigenvalue weighted by Gasteiger charge is 2.45. The van der Waals surface area contributed by atoms with Crippen LogP contribution in [0.5, 0.6) is 0 Å². The third-order valence-electron chi connectivity index (χ3n) is 7.43. The van der Waals surface area contributed by atoms with Gasteiger partial charge in [-0.1, -0.05) is 48.5 Å². The van der Waals surface area contributed by atoms with Gasteiger partial charge < -0.3 is 5.11 Å². The lowest BCUT2D eigenvalue weighted by Gasteiger charge is -2.49. The summed E-state index contributed by atoms with van der Waals surface area (Å²) in [4.78, 5) is 6.88. The van der Waals surface area contributed by atoms with E-state index in [0.29, 0.717) is 5.92 Å². The summed E-state index contributed by atoms with van der Waals surface area (Å²) in [5, 5.41) is 11.6. The molecule has 1 saturated heterocycles. The molecule has 146 valence electrons. The summed E-state index contributed by atoms with van der Waals surface area (Å²) in [5.41, 5.74) is 7.62. The Bertz CT molecular complexity index is 1060.